The van der Waals surface area contributed by atoms with Crippen LogP contribution < -0.4 is 5.73 Å². The minimum Gasteiger partial charge on any atom is -0.434 e. The van der Waals surface area contributed by atoms with Gasteiger partial charge < -0.3 is 19.9 Å². The van der Waals surface area contributed by atoms with Gasteiger partial charge in [0.05, 0.1) is 12.7 Å². The molecule has 0 aromatic heterocycles. The molecular weight excluding hydrogens is 324 g/mol. The number of rotatable bonds is 7. The summed E-state index contributed by atoms with van der Waals surface area (Å²) in [6, 6.07) is 0. The normalized spacial score (nSPS) is 24.5. The predicted octanol–water partition coefficient (Wildman–Crippen LogP) is 2.38. The monoisotopic (exact) mass is 350 g/mol. The Balaban J connectivity index is 1.78. The van der Waals surface area contributed by atoms with Crippen LogP contribution in [0.1, 0.15) is 33.1 Å². The molecule has 1 unspecified atom stereocenters. The first-order chi connectivity index (χ1) is 12.0. The van der Waals surface area contributed by atoms with Crippen molar-refractivity contribution >= 4 is 18.3 Å². The fourth-order valence-corrected chi connectivity index (χ4v) is 2.46. The minimum atomic E-state index is -0.660. The molecule has 0 aromatic carbocycles. The van der Waals surface area contributed by atoms with Gasteiger partial charge in [-0.15, -0.1) is 0 Å². The van der Waals surface area contributed by atoms with Gasteiger partial charge in [0.1, 0.15) is 18.6 Å². The molecule has 25 heavy (non-hydrogen) atoms. The van der Waals surface area contributed by atoms with Crippen molar-refractivity contribution in [2.24, 2.45) is 21.7 Å². The van der Waals surface area contributed by atoms with Crippen LogP contribution in [0.2, 0.25) is 0 Å². The molecule has 2 aliphatic rings. The predicted molar refractivity (Wildman–Crippen MR) is 94.9 cm³/mol. The first-order valence-electron chi connectivity index (χ1n) is 8.44. The molecule has 0 amide bonds. The lowest BCUT2D eigenvalue weighted by Crippen LogP contribution is -2.38. The van der Waals surface area contributed by atoms with Crippen LogP contribution in [0.4, 0.5) is 4.79 Å². The summed E-state index contributed by atoms with van der Waals surface area (Å²) in [5, 5.41) is 5.89. The Morgan fingerprint density at radius 2 is 2.32 bits per heavy atom. The number of carbonyl (C=O) groups excluding carboxylic acids is 1. The number of hydrazone groups is 1. The summed E-state index contributed by atoms with van der Waals surface area (Å²) in [5.74, 6) is 0.831. The van der Waals surface area contributed by atoms with Crippen molar-refractivity contribution in [1.29, 1.82) is 0 Å². The Labute approximate surface area is 148 Å². The van der Waals surface area contributed by atoms with E-state index in [1.165, 1.54) is 6.34 Å². The Bertz CT molecular complexity index is 571. The number of allylic oxidation sites excluding steroid dienone is 2. The van der Waals surface area contributed by atoms with Gasteiger partial charge in [-0.3, -0.25) is 0 Å². The third kappa shape index (κ3) is 5.60. The maximum absolute atomic E-state index is 11.6. The van der Waals surface area contributed by atoms with E-state index >= 15 is 0 Å². The van der Waals surface area contributed by atoms with Gasteiger partial charge in [0.2, 0.25) is 0 Å². The summed E-state index contributed by atoms with van der Waals surface area (Å²) in [4.78, 5) is 15.5. The minimum absolute atomic E-state index is 0.151. The molecule has 8 heteroatoms. The molecule has 2 atom stereocenters. The second-order valence-corrected chi connectivity index (χ2v) is 6.26. The van der Waals surface area contributed by atoms with Crippen molar-refractivity contribution in [3.8, 4) is 0 Å². The average Bonchev–Trinajstić information content (AvgIpc) is 3.03. The van der Waals surface area contributed by atoms with E-state index in [9.17, 15) is 4.79 Å². The Morgan fingerprint density at radius 3 is 3.04 bits per heavy atom. The number of carbonyl (C=O) groups is 1. The van der Waals surface area contributed by atoms with E-state index in [1.807, 2.05) is 0 Å². The smallest absolute Gasteiger partial charge is 0.434 e. The molecule has 2 rings (SSSR count). The van der Waals surface area contributed by atoms with Crippen molar-refractivity contribution in [3.05, 3.63) is 24.4 Å². The summed E-state index contributed by atoms with van der Waals surface area (Å²) in [6.07, 6.45) is 5.87. The van der Waals surface area contributed by atoms with E-state index in [1.54, 1.807) is 17.2 Å². The third-order valence-electron chi connectivity index (χ3n) is 3.82. The lowest BCUT2D eigenvalue weighted by molar-refractivity contribution is -0.0615. The van der Waals surface area contributed by atoms with Crippen LogP contribution in [-0.4, -0.2) is 48.9 Å². The lowest BCUT2D eigenvalue weighted by atomic mass is 10.1. The number of nitrogens with two attached hydrogens (primary N) is 1. The largest absolute Gasteiger partial charge is 0.508 e. The average molecular weight is 350 g/mol. The molecule has 138 valence electrons. The quantitative estimate of drug-likeness (QED) is 0.708. The summed E-state index contributed by atoms with van der Waals surface area (Å²) in [5.41, 5.74) is 6.52. The molecular formula is C17H26N4O4. The van der Waals surface area contributed by atoms with Crippen LogP contribution in [-0.2, 0) is 14.2 Å². The number of hydrogen-bond donors (Lipinski definition) is 1. The van der Waals surface area contributed by atoms with Crippen molar-refractivity contribution in [2.75, 3.05) is 13.2 Å². The van der Waals surface area contributed by atoms with Crippen LogP contribution in [0.5, 0.6) is 0 Å². The Kier molecular flexibility index (Phi) is 7.00. The fraction of sp³-hybridized carbons (Fsp3) is 0.588. The second kappa shape index (κ2) is 9.22. The molecule has 0 bridgehead atoms. The topological polar surface area (TPSA) is 98.7 Å². The van der Waals surface area contributed by atoms with Gasteiger partial charge in [0.25, 0.3) is 0 Å². The lowest BCUT2D eigenvalue weighted by Gasteiger charge is -2.29. The highest BCUT2D eigenvalue weighted by atomic mass is 16.7. The molecule has 0 radical (unpaired) electrons. The maximum Gasteiger partial charge on any atom is 0.508 e. The fourth-order valence-electron chi connectivity index (χ4n) is 2.46. The van der Waals surface area contributed by atoms with Crippen LogP contribution in [0.3, 0.4) is 0 Å². The maximum atomic E-state index is 11.6. The van der Waals surface area contributed by atoms with Crippen LogP contribution >= 0.6 is 0 Å². The van der Waals surface area contributed by atoms with Gasteiger partial charge in [-0.25, -0.2) is 14.8 Å². The van der Waals surface area contributed by atoms with E-state index in [0.29, 0.717) is 24.1 Å². The van der Waals surface area contributed by atoms with E-state index in [2.05, 4.69) is 30.5 Å². The first-order valence-corrected chi connectivity index (χ1v) is 8.44. The Hall–Kier alpha value is -2.35. The number of hydrogen-bond acceptors (Lipinski definition) is 8. The van der Waals surface area contributed by atoms with Gasteiger partial charge in [0, 0.05) is 0 Å². The van der Waals surface area contributed by atoms with Crippen molar-refractivity contribution in [3.63, 3.8) is 0 Å². The third-order valence-corrected chi connectivity index (χ3v) is 3.82. The molecule has 2 aliphatic heterocycles. The summed E-state index contributed by atoms with van der Waals surface area (Å²) < 4.78 is 16.0. The molecule has 2 heterocycles. The molecule has 0 spiro atoms. The van der Waals surface area contributed by atoms with Crippen molar-refractivity contribution in [2.45, 2.75) is 45.4 Å². The Morgan fingerprint density at radius 1 is 1.52 bits per heavy atom. The number of aliphatic imine (C=N–C) groups is 1. The highest BCUT2D eigenvalue weighted by Crippen LogP contribution is 2.27. The SMILES string of the molecule is C=C/C=C1/C(N)=NC=NN1[C@H]1CCC(COC(=O)OCCC(C)C)O1. The molecule has 0 saturated carbocycles. The van der Waals surface area contributed by atoms with Crippen LogP contribution in [0.15, 0.2) is 34.5 Å². The van der Waals surface area contributed by atoms with Crippen molar-refractivity contribution in [1.82, 2.24) is 5.01 Å². The first kappa shape index (κ1) is 19.0. The van der Waals surface area contributed by atoms with Gasteiger partial charge in [-0.05, 0) is 31.3 Å². The van der Waals surface area contributed by atoms with Crippen LogP contribution in [0, 0.1) is 5.92 Å². The summed E-state index contributed by atoms with van der Waals surface area (Å²) >= 11 is 0. The number of nitrogens with zero attached hydrogens (tertiary/aromatic N) is 3. The molecule has 8 nitrogen and oxygen atoms in total. The summed E-state index contributed by atoms with van der Waals surface area (Å²) in [7, 11) is 0. The van der Waals surface area contributed by atoms with Gasteiger partial charge in [-0.2, -0.15) is 5.10 Å². The van der Waals surface area contributed by atoms with E-state index in [4.69, 9.17) is 19.9 Å². The van der Waals surface area contributed by atoms with Gasteiger partial charge >= 0.3 is 6.16 Å². The molecule has 0 aromatic rings. The zero-order valence-corrected chi connectivity index (χ0v) is 14.8. The number of ether oxygens (including phenoxy) is 3. The molecule has 2 N–H and O–H groups in total. The van der Waals surface area contributed by atoms with E-state index in [-0.39, 0.29) is 18.9 Å². The van der Waals surface area contributed by atoms with E-state index in [0.717, 1.165) is 19.3 Å². The summed E-state index contributed by atoms with van der Waals surface area (Å²) in [6.45, 7) is 8.32. The molecule has 0 aliphatic carbocycles. The second-order valence-electron chi connectivity index (χ2n) is 6.26. The zero-order chi connectivity index (χ0) is 18.2. The van der Waals surface area contributed by atoms with E-state index < -0.39 is 6.16 Å². The van der Waals surface area contributed by atoms with Crippen LogP contribution in [0.25, 0.3) is 0 Å². The highest BCUT2D eigenvalue weighted by Gasteiger charge is 2.33. The zero-order valence-electron chi connectivity index (χ0n) is 14.8. The van der Waals surface area contributed by atoms with Gasteiger partial charge in [0.15, 0.2) is 12.1 Å². The molecule has 1 saturated heterocycles. The van der Waals surface area contributed by atoms with Gasteiger partial charge in [-0.1, -0.05) is 26.5 Å². The van der Waals surface area contributed by atoms with Crippen molar-refractivity contribution < 1.29 is 19.0 Å². The number of amidine groups is 1. The highest BCUT2D eigenvalue weighted by molar-refractivity contribution is 6.01. The standard InChI is InChI=1S/C17H26N4O4/c1-4-5-14-16(18)19-11-20-21(14)15-7-6-13(25-15)10-24-17(22)23-9-8-12(2)3/h4-5,11-13,15H,1,6-10H2,2-3H3,(H2,18,19,20)/b14-5-/t13?,15-/m1/s1. The molecule has 1 fully saturated rings.